The molecule has 2 nitrogen and oxygen atoms in total. The van der Waals surface area contributed by atoms with Crippen LogP contribution in [0.2, 0.25) is 0 Å². The monoisotopic (exact) mass is 288 g/mol. The number of hydrogen-bond acceptors (Lipinski definition) is 0. The topological polar surface area (TPSA) is 57.0 Å². The van der Waals surface area contributed by atoms with Crippen molar-refractivity contribution in [2.45, 2.75) is 0 Å². The van der Waals surface area contributed by atoms with Crippen molar-refractivity contribution >= 4 is 23.1 Å². The Labute approximate surface area is 103 Å². The second-order valence-corrected chi connectivity index (χ2v) is 0. The minimum atomic E-state index is 0. The molecule has 0 amide bonds. The largest absolute Gasteiger partial charge is 4.00 e. The third kappa shape index (κ3) is 19.6. The molecule has 0 aromatic heterocycles. The summed E-state index contributed by atoms with van der Waals surface area (Å²) in [6.07, 6.45) is 0. The number of rotatable bonds is 0. The molecule has 0 aliphatic carbocycles. The smallest absolute Gasteiger partial charge is 2.00 e. The van der Waals surface area contributed by atoms with E-state index in [1.165, 1.54) is 0 Å². The van der Waals surface area contributed by atoms with Gasteiger partial charge in [-0.05, 0) is 0 Å². The van der Waals surface area contributed by atoms with Crippen molar-refractivity contribution in [3.63, 3.8) is 0 Å². The van der Waals surface area contributed by atoms with E-state index < -0.39 is 0 Å². The van der Waals surface area contributed by atoms with Gasteiger partial charge in [0.15, 0.2) is 0 Å². The molecule has 0 aliphatic heterocycles. The van der Waals surface area contributed by atoms with Crippen LogP contribution in [0.1, 0.15) is 2.85 Å². The molecule has 0 aliphatic rings. The van der Waals surface area contributed by atoms with Gasteiger partial charge in [0.05, 0.1) is 0 Å². The quantitative estimate of drug-likeness (QED) is 0.545. The summed E-state index contributed by atoms with van der Waals surface area (Å²) < 4.78 is 0. The maximum Gasteiger partial charge on any atom is 4.00 e. The van der Waals surface area contributed by atoms with Gasteiger partial charge < -0.3 is 13.8 Å². The van der Waals surface area contributed by atoms with Gasteiger partial charge in [-0.15, -0.1) is 0 Å². The first-order valence-electron chi connectivity index (χ1n) is 0. The summed E-state index contributed by atoms with van der Waals surface area (Å²) >= 11 is 0. The fourth-order valence-electron chi connectivity index (χ4n) is 0. The fourth-order valence-corrected chi connectivity index (χ4v) is 0. The van der Waals surface area contributed by atoms with E-state index in [0.29, 0.717) is 0 Å². The van der Waals surface area contributed by atoms with Gasteiger partial charge in [0.2, 0.25) is 0 Å². The van der Waals surface area contributed by atoms with Crippen LogP contribution in [0, 0.1) is 41.7 Å². The molecule has 0 radical (unpaired) electrons. The van der Waals surface area contributed by atoms with Crippen molar-refractivity contribution in [3.05, 3.63) is 0 Å². The standard InChI is InChI=1S/Ce.Mg.2O.Zr.2H/q;+2;2*-2;+4;2*-1. The Kier molecular flexibility index (Phi) is 250. The average molecular weight is 290 g/mol. The van der Waals surface area contributed by atoms with Crippen LogP contribution in [0.3, 0.4) is 0 Å². The molecule has 0 saturated heterocycles. The van der Waals surface area contributed by atoms with Crippen molar-refractivity contribution < 1.29 is 81.8 Å². The molecule has 0 heterocycles. The van der Waals surface area contributed by atoms with E-state index in [1.807, 2.05) is 0 Å². The van der Waals surface area contributed by atoms with E-state index in [1.54, 1.807) is 0 Å². The Morgan fingerprint density at radius 1 is 1.00 bits per heavy atom. The van der Waals surface area contributed by atoms with Crippen LogP contribution < -0.4 is 0 Å². The molecule has 5 heavy (non-hydrogen) atoms. The van der Waals surface area contributed by atoms with E-state index in [-0.39, 0.29) is 105 Å². The van der Waals surface area contributed by atoms with Crippen LogP contribution in [0.25, 0.3) is 0 Å². The average Bonchev–Trinajstić information content (AvgIpc) is 0. The summed E-state index contributed by atoms with van der Waals surface area (Å²) in [5.74, 6) is 0. The molecule has 0 aromatic carbocycles. The van der Waals surface area contributed by atoms with Crippen LogP contribution in [-0.2, 0) is 37.2 Å². The van der Waals surface area contributed by atoms with Crippen LogP contribution in [0.4, 0.5) is 0 Å². The molecule has 0 aromatic rings. The molecule has 24 valence electrons. The Morgan fingerprint density at radius 3 is 1.00 bits per heavy atom. The second kappa shape index (κ2) is 28.3. The summed E-state index contributed by atoms with van der Waals surface area (Å²) in [4.78, 5) is 0. The van der Waals surface area contributed by atoms with Gasteiger partial charge in [-0.2, -0.15) is 0 Å². The zero-order chi connectivity index (χ0) is 0. The van der Waals surface area contributed by atoms with Gasteiger partial charge in [-0.1, -0.05) is 0 Å². The minimum absolute atomic E-state index is 0. The van der Waals surface area contributed by atoms with Gasteiger partial charge >= 0.3 is 49.3 Å². The molecule has 0 N–H and O–H groups in total. The zero-order valence-electron chi connectivity index (χ0n) is 4.52. The van der Waals surface area contributed by atoms with Gasteiger partial charge in [-0.25, -0.2) is 0 Å². The first-order chi connectivity index (χ1) is 0. The summed E-state index contributed by atoms with van der Waals surface area (Å²) in [7, 11) is 0. The van der Waals surface area contributed by atoms with Gasteiger partial charge in [0, 0.05) is 41.7 Å². The molecule has 0 saturated carbocycles. The minimum Gasteiger partial charge on any atom is -2.00 e. The van der Waals surface area contributed by atoms with Crippen molar-refractivity contribution in [1.29, 1.82) is 0 Å². The molecule has 0 spiro atoms. The fraction of sp³-hybridized carbons (Fsp3) is 0. The number of hydrogen-bond donors (Lipinski definition) is 0. The first-order valence-corrected chi connectivity index (χ1v) is 0. The Morgan fingerprint density at radius 2 is 1.00 bits per heavy atom. The van der Waals surface area contributed by atoms with Crippen LogP contribution >= 0.6 is 0 Å². The zero-order valence-corrected chi connectivity index (χ0v) is 9.54. The third-order valence-electron chi connectivity index (χ3n) is 0. The first kappa shape index (κ1) is 44.2. The predicted molar refractivity (Wildman–Crippen MR) is 9.35 cm³/mol. The second-order valence-electron chi connectivity index (χ2n) is 0. The molecule has 0 rings (SSSR count). The van der Waals surface area contributed by atoms with Gasteiger partial charge in [0.1, 0.15) is 0 Å². The van der Waals surface area contributed by atoms with Crippen molar-refractivity contribution in [1.82, 2.24) is 0 Å². The molecule has 0 unspecified atom stereocenters. The molecule has 5 heteroatoms. The van der Waals surface area contributed by atoms with Crippen LogP contribution in [0.15, 0.2) is 0 Å². The van der Waals surface area contributed by atoms with Crippen molar-refractivity contribution in [2.24, 2.45) is 0 Å². The summed E-state index contributed by atoms with van der Waals surface area (Å²) in [6.45, 7) is 0. The SMILES string of the molecule is [Ce].[H-].[H-].[Mg+2].[O-2].[O-2].[Zr+4]. The molecule has 0 fully saturated rings. The summed E-state index contributed by atoms with van der Waals surface area (Å²) in [5.41, 5.74) is 0. The normalized spacial score (nSPS) is 0. The molecule has 0 bridgehead atoms. The Hall–Kier alpha value is 2.95. The third-order valence-corrected chi connectivity index (χ3v) is 0. The van der Waals surface area contributed by atoms with Gasteiger partial charge in [-0.3, -0.25) is 0 Å². The predicted octanol–water partition coefficient (Wildman–Crippen LogP) is -0.396. The van der Waals surface area contributed by atoms with E-state index in [4.69, 9.17) is 0 Å². The van der Waals surface area contributed by atoms with E-state index >= 15 is 0 Å². The van der Waals surface area contributed by atoms with Crippen LogP contribution in [0.5, 0.6) is 0 Å². The summed E-state index contributed by atoms with van der Waals surface area (Å²) in [5, 5.41) is 0. The van der Waals surface area contributed by atoms with Gasteiger partial charge in [0.25, 0.3) is 0 Å². The Balaban J connectivity index is 0. The molecular weight excluding hydrogens is 288 g/mol. The maximum absolute atomic E-state index is 0. The summed E-state index contributed by atoms with van der Waals surface area (Å²) in [6, 6.07) is 0. The van der Waals surface area contributed by atoms with E-state index in [0.717, 1.165) is 0 Å². The van der Waals surface area contributed by atoms with Crippen molar-refractivity contribution in [2.75, 3.05) is 0 Å². The van der Waals surface area contributed by atoms with E-state index in [2.05, 4.69) is 0 Å². The van der Waals surface area contributed by atoms with Crippen LogP contribution in [-0.4, -0.2) is 23.1 Å². The molecule has 0 atom stereocenters. The van der Waals surface area contributed by atoms with Crippen molar-refractivity contribution in [3.8, 4) is 0 Å². The van der Waals surface area contributed by atoms with E-state index in [9.17, 15) is 0 Å². The maximum atomic E-state index is 0. The molecular formula is H2CeMgO2Zr. The Bertz CT molecular complexity index is 15.7.